The minimum absolute atomic E-state index is 0.437. The van der Waals surface area contributed by atoms with E-state index in [4.69, 9.17) is 9.15 Å². The van der Waals surface area contributed by atoms with Crippen LogP contribution in [0.4, 0.5) is 0 Å². The summed E-state index contributed by atoms with van der Waals surface area (Å²) in [7, 11) is 0. The van der Waals surface area contributed by atoms with Gasteiger partial charge >= 0.3 is 0 Å². The normalized spacial score (nSPS) is 10.2. The third kappa shape index (κ3) is 2.65. The van der Waals surface area contributed by atoms with Gasteiger partial charge in [-0.2, -0.15) is 5.26 Å². The SMILES string of the molecule is Cc1cc(Oc2ccc(-c3nnco3)cc2)c(C#N)c(C)n1. The summed E-state index contributed by atoms with van der Waals surface area (Å²) >= 11 is 0. The van der Waals surface area contributed by atoms with Gasteiger partial charge in [-0.1, -0.05) is 0 Å². The Hall–Kier alpha value is -3.20. The van der Waals surface area contributed by atoms with Crippen molar-refractivity contribution in [2.45, 2.75) is 13.8 Å². The van der Waals surface area contributed by atoms with E-state index in [2.05, 4.69) is 21.3 Å². The van der Waals surface area contributed by atoms with Gasteiger partial charge in [0.05, 0.1) is 5.69 Å². The van der Waals surface area contributed by atoms with Crippen molar-refractivity contribution in [2.75, 3.05) is 0 Å². The monoisotopic (exact) mass is 292 g/mol. The van der Waals surface area contributed by atoms with Crippen LogP contribution < -0.4 is 4.74 Å². The lowest BCUT2D eigenvalue weighted by Crippen LogP contribution is -1.96. The van der Waals surface area contributed by atoms with Crippen LogP contribution in [0, 0.1) is 25.2 Å². The fraction of sp³-hybridized carbons (Fsp3) is 0.125. The van der Waals surface area contributed by atoms with Crippen LogP contribution >= 0.6 is 0 Å². The Kier molecular flexibility index (Phi) is 3.54. The summed E-state index contributed by atoms with van der Waals surface area (Å²) in [4.78, 5) is 4.26. The van der Waals surface area contributed by atoms with Crippen LogP contribution in [0.5, 0.6) is 11.5 Å². The maximum atomic E-state index is 9.24. The van der Waals surface area contributed by atoms with E-state index in [-0.39, 0.29) is 0 Å². The second kappa shape index (κ2) is 5.66. The molecular formula is C16H12N4O2. The van der Waals surface area contributed by atoms with E-state index in [0.29, 0.717) is 28.6 Å². The lowest BCUT2D eigenvalue weighted by molar-refractivity contribution is 0.479. The molecule has 0 aliphatic rings. The van der Waals surface area contributed by atoms with Crippen LogP contribution in [0.1, 0.15) is 17.0 Å². The highest BCUT2D eigenvalue weighted by Gasteiger charge is 2.11. The topological polar surface area (TPSA) is 84.8 Å². The Morgan fingerprint density at radius 3 is 2.59 bits per heavy atom. The third-order valence-corrected chi connectivity index (χ3v) is 3.09. The largest absolute Gasteiger partial charge is 0.456 e. The highest BCUT2D eigenvalue weighted by Crippen LogP contribution is 2.28. The summed E-state index contributed by atoms with van der Waals surface area (Å²) in [6.45, 7) is 3.65. The van der Waals surface area contributed by atoms with Crippen LogP contribution in [0.15, 0.2) is 41.1 Å². The average molecular weight is 292 g/mol. The molecule has 108 valence electrons. The van der Waals surface area contributed by atoms with E-state index >= 15 is 0 Å². The first-order valence-electron chi connectivity index (χ1n) is 6.60. The van der Waals surface area contributed by atoms with Gasteiger partial charge in [0, 0.05) is 17.3 Å². The Morgan fingerprint density at radius 2 is 1.95 bits per heavy atom. The summed E-state index contributed by atoms with van der Waals surface area (Å²) in [6, 6.07) is 11.1. The van der Waals surface area contributed by atoms with Crippen LogP contribution in [0.3, 0.4) is 0 Å². The molecule has 0 aliphatic heterocycles. The number of nitriles is 1. The first kappa shape index (κ1) is 13.8. The highest BCUT2D eigenvalue weighted by molar-refractivity contribution is 5.55. The van der Waals surface area contributed by atoms with E-state index in [0.717, 1.165) is 11.3 Å². The maximum absolute atomic E-state index is 9.24. The number of hydrogen-bond acceptors (Lipinski definition) is 6. The van der Waals surface area contributed by atoms with Gasteiger partial charge in [-0.25, -0.2) is 0 Å². The number of hydrogen-bond donors (Lipinski definition) is 0. The van der Waals surface area contributed by atoms with Gasteiger partial charge < -0.3 is 9.15 Å². The van der Waals surface area contributed by atoms with Crippen molar-refractivity contribution in [2.24, 2.45) is 0 Å². The van der Waals surface area contributed by atoms with E-state index in [1.807, 2.05) is 19.1 Å². The summed E-state index contributed by atoms with van der Waals surface area (Å²) in [6.07, 6.45) is 1.28. The van der Waals surface area contributed by atoms with Gasteiger partial charge in [0.1, 0.15) is 23.1 Å². The van der Waals surface area contributed by atoms with E-state index in [9.17, 15) is 5.26 Å². The predicted molar refractivity (Wildman–Crippen MR) is 78.2 cm³/mol. The van der Waals surface area contributed by atoms with Gasteiger partial charge in [0.25, 0.3) is 0 Å². The Balaban J connectivity index is 1.90. The van der Waals surface area contributed by atoms with Gasteiger partial charge in [0.15, 0.2) is 0 Å². The highest BCUT2D eigenvalue weighted by atomic mass is 16.5. The molecule has 0 radical (unpaired) electrons. The summed E-state index contributed by atoms with van der Waals surface area (Å²) in [5.41, 5.74) is 2.69. The lowest BCUT2D eigenvalue weighted by atomic mass is 10.1. The van der Waals surface area contributed by atoms with Crippen molar-refractivity contribution in [3.8, 4) is 29.0 Å². The Labute approximate surface area is 127 Å². The Morgan fingerprint density at radius 1 is 1.18 bits per heavy atom. The molecule has 0 amide bonds. The molecule has 22 heavy (non-hydrogen) atoms. The van der Waals surface area contributed by atoms with Crippen molar-refractivity contribution in [1.29, 1.82) is 5.26 Å². The van der Waals surface area contributed by atoms with Crippen LogP contribution in [-0.4, -0.2) is 15.2 Å². The first-order chi connectivity index (χ1) is 10.7. The van der Waals surface area contributed by atoms with Gasteiger partial charge in [-0.05, 0) is 38.1 Å². The zero-order chi connectivity index (χ0) is 15.5. The van der Waals surface area contributed by atoms with Crippen LogP contribution in [0.25, 0.3) is 11.5 Å². The Bertz CT molecular complexity index is 834. The average Bonchev–Trinajstić information content (AvgIpc) is 3.02. The molecule has 0 aliphatic carbocycles. The molecule has 0 unspecified atom stereocenters. The van der Waals surface area contributed by atoms with Crippen molar-refractivity contribution in [1.82, 2.24) is 15.2 Å². The lowest BCUT2D eigenvalue weighted by Gasteiger charge is -2.10. The summed E-state index contributed by atoms with van der Waals surface area (Å²) in [5, 5.41) is 16.7. The van der Waals surface area contributed by atoms with Crippen LogP contribution in [0.2, 0.25) is 0 Å². The molecule has 0 saturated heterocycles. The smallest absolute Gasteiger partial charge is 0.247 e. The second-order valence-electron chi connectivity index (χ2n) is 4.70. The van der Waals surface area contributed by atoms with Crippen molar-refractivity contribution < 1.29 is 9.15 Å². The molecule has 2 aromatic heterocycles. The molecule has 1 aromatic carbocycles. The molecule has 0 fully saturated rings. The standard InChI is InChI=1S/C16H12N4O2/c1-10-7-15(14(8-17)11(2)19-10)22-13-5-3-12(4-6-13)16-20-18-9-21-16/h3-7,9H,1-2H3. The van der Waals surface area contributed by atoms with E-state index in [1.54, 1.807) is 25.1 Å². The number of nitrogens with zero attached hydrogens (tertiary/aromatic N) is 4. The number of aryl methyl sites for hydroxylation is 2. The molecule has 2 heterocycles. The maximum Gasteiger partial charge on any atom is 0.247 e. The molecule has 6 heteroatoms. The number of rotatable bonds is 3. The summed E-state index contributed by atoms with van der Waals surface area (Å²) < 4.78 is 10.9. The van der Waals surface area contributed by atoms with Crippen molar-refractivity contribution >= 4 is 0 Å². The predicted octanol–water partition coefficient (Wildman–Crippen LogP) is 3.41. The van der Waals surface area contributed by atoms with Crippen molar-refractivity contribution in [3.05, 3.63) is 53.7 Å². The first-order valence-corrected chi connectivity index (χ1v) is 6.60. The zero-order valence-corrected chi connectivity index (χ0v) is 12.1. The zero-order valence-electron chi connectivity index (χ0n) is 12.1. The van der Waals surface area contributed by atoms with Crippen molar-refractivity contribution in [3.63, 3.8) is 0 Å². The molecule has 0 saturated carbocycles. The van der Waals surface area contributed by atoms with E-state index < -0.39 is 0 Å². The second-order valence-corrected chi connectivity index (χ2v) is 4.70. The quantitative estimate of drug-likeness (QED) is 0.735. The number of aromatic nitrogens is 3. The third-order valence-electron chi connectivity index (χ3n) is 3.09. The molecular weight excluding hydrogens is 280 g/mol. The minimum atomic E-state index is 0.437. The fourth-order valence-corrected chi connectivity index (χ4v) is 2.10. The molecule has 3 rings (SSSR count). The number of ether oxygens (including phenoxy) is 1. The minimum Gasteiger partial charge on any atom is -0.456 e. The van der Waals surface area contributed by atoms with E-state index in [1.165, 1.54) is 6.39 Å². The molecule has 3 aromatic rings. The van der Waals surface area contributed by atoms with Gasteiger partial charge in [-0.15, -0.1) is 10.2 Å². The molecule has 0 N–H and O–H groups in total. The summed E-state index contributed by atoms with van der Waals surface area (Å²) in [5.74, 6) is 1.56. The van der Waals surface area contributed by atoms with Gasteiger partial charge in [-0.3, -0.25) is 4.98 Å². The molecule has 6 nitrogen and oxygen atoms in total. The van der Waals surface area contributed by atoms with Crippen LogP contribution in [-0.2, 0) is 0 Å². The fourth-order valence-electron chi connectivity index (χ4n) is 2.10. The molecule has 0 bridgehead atoms. The molecule has 0 atom stereocenters. The number of benzene rings is 1. The molecule has 0 spiro atoms. The van der Waals surface area contributed by atoms with Gasteiger partial charge in [0.2, 0.25) is 12.3 Å². The number of pyridine rings is 1.